The van der Waals surface area contributed by atoms with Crippen LogP contribution in [0.2, 0.25) is 0 Å². The molecule has 1 aliphatic rings. The van der Waals surface area contributed by atoms with Crippen molar-refractivity contribution in [2.45, 2.75) is 84.2 Å². The Bertz CT molecular complexity index is 639. The van der Waals surface area contributed by atoms with Gasteiger partial charge in [-0.3, -0.25) is 14.4 Å². The van der Waals surface area contributed by atoms with Crippen LogP contribution in [0.5, 0.6) is 0 Å². The van der Waals surface area contributed by atoms with E-state index in [1.54, 1.807) is 20.8 Å². The lowest BCUT2D eigenvalue weighted by atomic mass is 9.96. The van der Waals surface area contributed by atoms with Crippen LogP contribution < -0.4 is 16.4 Å². The number of carbonyl (C=O) groups is 4. The molecule has 6 N–H and O–H groups in total. The number of carboxylic acid groups (broad SMARTS) is 1. The minimum Gasteiger partial charge on any atom is -0.480 e. The average Bonchev–Trinajstić information content (AvgIpc) is 3.17. The van der Waals surface area contributed by atoms with E-state index in [4.69, 9.17) is 5.73 Å². The molecule has 1 aliphatic heterocycles. The summed E-state index contributed by atoms with van der Waals surface area (Å²) in [6, 6.07) is -4.04. The van der Waals surface area contributed by atoms with Crippen molar-refractivity contribution in [2.75, 3.05) is 6.54 Å². The molecule has 0 aromatic heterocycles. The standard InChI is InChI=1S/C20H36N4O6/c1-6-11(4)15(19(28)24-9-7-8-13(24)20(29)30)22-18(27)16(12(5)25)23-17(26)14(21)10(2)3/h10-16,25H,6-9,21H2,1-5H3,(H,22,27)(H,23,26)(H,29,30). The van der Waals surface area contributed by atoms with Gasteiger partial charge in [0.05, 0.1) is 12.1 Å². The summed E-state index contributed by atoms with van der Waals surface area (Å²) in [5, 5.41) is 24.5. The number of hydrogen-bond acceptors (Lipinski definition) is 6. The summed E-state index contributed by atoms with van der Waals surface area (Å²) in [5.74, 6) is -3.30. The number of aliphatic carboxylic acids is 1. The Kier molecular flexibility index (Phi) is 9.70. The smallest absolute Gasteiger partial charge is 0.326 e. The Balaban J connectivity index is 3.01. The van der Waals surface area contributed by atoms with Gasteiger partial charge in [-0.25, -0.2) is 4.79 Å². The van der Waals surface area contributed by atoms with Gasteiger partial charge in [0, 0.05) is 6.54 Å². The van der Waals surface area contributed by atoms with Crippen LogP contribution >= 0.6 is 0 Å². The van der Waals surface area contributed by atoms with Gasteiger partial charge in [-0.15, -0.1) is 0 Å². The largest absolute Gasteiger partial charge is 0.480 e. The highest BCUT2D eigenvalue weighted by Crippen LogP contribution is 2.21. The summed E-state index contributed by atoms with van der Waals surface area (Å²) in [7, 11) is 0. The minimum atomic E-state index is -1.30. The number of likely N-dealkylation sites (tertiary alicyclic amines) is 1. The van der Waals surface area contributed by atoms with Crippen molar-refractivity contribution in [3.8, 4) is 0 Å². The molecule has 3 amide bonds. The summed E-state index contributed by atoms with van der Waals surface area (Å²) in [6.45, 7) is 8.80. The lowest BCUT2D eigenvalue weighted by Gasteiger charge is -2.32. The Morgan fingerprint density at radius 3 is 2.10 bits per heavy atom. The highest BCUT2D eigenvalue weighted by molar-refractivity contribution is 5.94. The second-order valence-electron chi connectivity index (χ2n) is 8.40. The zero-order valence-corrected chi connectivity index (χ0v) is 18.4. The highest BCUT2D eigenvalue weighted by atomic mass is 16.4. The number of aliphatic hydroxyl groups excluding tert-OH is 1. The molecule has 0 aromatic carbocycles. The number of carboxylic acids is 1. The van der Waals surface area contributed by atoms with Gasteiger partial charge in [-0.2, -0.15) is 0 Å². The molecule has 1 saturated heterocycles. The maximum atomic E-state index is 13.1. The molecule has 0 saturated carbocycles. The maximum Gasteiger partial charge on any atom is 0.326 e. The molecule has 0 spiro atoms. The quantitative estimate of drug-likeness (QED) is 0.311. The first-order valence-corrected chi connectivity index (χ1v) is 10.5. The van der Waals surface area contributed by atoms with Crippen LogP contribution in [-0.2, 0) is 19.2 Å². The molecule has 10 nitrogen and oxygen atoms in total. The SMILES string of the molecule is CCC(C)C(NC(=O)C(NC(=O)C(N)C(C)C)C(C)O)C(=O)N1CCCC1C(=O)O. The zero-order chi connectivity index (χ0) is 23.2. The van der Waals surface area contributed by atoms with E-state index < -0.39 is 54.0 Å². The fourth-order valence-corrected chi connectivity index (χ4v) is 3.35. The highest BCUT2D eigenvalue weighted by Gasteiger charge is 2.40. The van der Waals surface area contributed by atoms with Crippen LogP contribution in [0.1, 0.15) is 53.9 Å². The Morgan fingerprint density at radius 2 is 1.63 bits per heavy atom. The lowest BCUT2D eigenvalue weighted by molar-refractivity contribution is -0.150. The van der Waals surface area contributed by atoms with Gasteiger partial charge in [0.25, 0.3) is 0 Å². The molecule has 1 rings (SSSR count). The van der Waals surface area contributed by atoms with Crippen LogP contribution in [0, 0.1) is 11.8 Å². The van der Waals surface area contributed by atoms with Crippen LogP contribution in [0.25, 0.3) is 0 Å². The number of rotatable bonds is 10. The summed E-state index contributed by atoms with van der Waals surface area (Å²) in [4.78, 5) is 51.0. The number of nitrogens with zero attached hydrogens (tertiary/aromatic N) is 1. The van der Waals surface area contributed by atoms with Gasteiger partial charge in [-0.1, -0.05) is 34.1 Å². The molecular formula is C20H36N4O6. The van der Waals surface area contributed by atoms with Crippen molar-refractivity contribution in [3.05, 3.63) is 0 Å². The fourth-order valence-electron chi connectivity index (χ4n) is 3.35. The topological polar surface area (TPSA) is 162 Å². The molecule has 0 aliphatic carbocycles. The molecule has 6 unspecified atom stereocenters. The minimum absolute atomic E-state index is 0.166. The predicted octanol–water partition coefficient (Wildman–Crippen LogP) is -0.558. The molecule has 172 valence electrons. The molecule has 1 heterocycles. The number of amides is 3. The van der Waals surface area contributed by atoms with Crippen LogP contribution in [0.4, 0.5) is 0 Å². The molecule has 0 aromatic rings. The van der Waals surface area contributed by atoms with Gasteiger partial charge < -0.3 is 31.5 Å². The first kappa shape index (κ1) is 25.8. The number of nitrogens with one attached hydrogen (secondary N) is 2. The summed E-state index contributed by atoms with van der Waals surface area (Å²) >= 11 is 0. The fraction of sp³-hybridized carbons (Fsp3) is 0.800. The average molecular weight is 429 g/mol. The molecule has 1 fully saturated rings. The third kappa shape index (κ3) is 6.40. The third-order valence-corrected chi connectivity index (χ3v) is 5.68. The molecular weight excluding hydrogens is 392 g/mol. The van der Waals surface area contributed by atoms with E-state index in [-0.39, 0.29) is 11.8 Å². The van der Waals surface area contributed by atoms with Gasteiger partial charge in [0.1, 0.15) is 18.1 Å². The van der Waals surface area contributed by atoms with E-state index in [9.17, 15) is 29.4 Å². The number of carbonyl (C=O) groups excluding carboxylic acids is 3. The van der Waals surface area contributed by atoms with Gasteiger partial charge in [0.2, 0.25) is 17.7 Å². The van der Waals surface area contributed by atoms with E-state index in [1.807, 2.05) is 6.92 Å². The Labute approximate surface area is 177 Å². The van der Waals surface area contributed by atoms with Gasteiger partial charge >= 0.3 is 5.97 Å². The first-order valence-electron chi connectivity index (χ1n) is 10.5. The van der Waals surface area contributed by atoms with E-state index in [1.165, 1.54) is 11.8 Å². The molecule has 0 bridgehead atoms. The van der Waals surface area contributed by atoms with Crippen molar-refractivity contribution in [3.63, 3.8) is 0 Å². The number of hydrogen-bond donors (Lipinski definition) is 5. The van der Waals surface area contributed by atoms with Crippen molar-refractivity contribution >= 4 is 23.7 Å². The number of nitrogens with two attached hydrogens (primary N) is 1. The third-order valence-electron chi connectivity index (χ3n) is 5.68. The van der Waals surface area contributed by atoms with Crippen LogP contribution in [0.3, 0.4) is 0 Å². The van der Waals surface area contributed by atoms with Crippen molar-refractivity contribution in [2.24, 2.45) is 17.6 Å². The monoisotopic (exact) mass is 428 g/mol. The van der Waals surface area contributed by atoms with E-state index >= 15 is 0 Å². The van der Waals surface area contributed by atoms with E-state index in [0.29, 0.717) is 25.8 Å². The van der Waals surface area contributed by atoms with Crippen LogP contribution in [-0.4, -0.2) is 75.6 Å². The summed E-state index contributed by atoms with van der Waals surface area (Å²) in [5.41, 5.74) is 5.81. The van der Waals surface area contributed by atoms with Crippen molar-refractivity contribution in [1.29, 1.82) is 0 Å². The second kappa shape index (κ2) is 11.3. The molecule has 0 radical (unpaired) electrons. The lowest BCUT2D eigenvalue weighted by Crippen LogP contribution is -2.61. The summed E-state index contributed by atoms with van der Waals surface area (Å²) in [6.07, 6.45) is 0.275. The molecule has 30 heavy (non-hydrogen) atoms. The summed E-state index contributed by atoms with van der Waals surface area (Å²) < 4.78 is 0. The van der Waals surface area contributed by atoms with E-state index in [0.717, 1.165) is 0 Å². The second-order valence-corrected chi connectivity index (χ2v) is 8.40. The first-order chi connectivity index (χ1) is 13.9. The van der Waals surface area contributed by atoms with E-state index in [2.05, 4.69) is 10.6 Å². The normalized spacial score (nSPS) is 21.5. The van der Waals surface area contributed by atoms with Gasteiger partial charge in [-0.05, 0) is 31.6 Å². The molecule has 6 atom stereocenters. The molecule has 10 heteroatoms. The Morgan fingerprint density at radius 1 is 1.07 bits per heavy atom. The van der Waals surface area contributed by atoms with Crippen molar-refractivity contribution < 1.29 is 29.4 Å². The number of aliphatic hydroxyl groups is 1. The zero-order valence-electron chi connectivity index (χ0n) is 18.4. The van der Waals surface area contributed by atoms with Crippen molar-refractivity contribution in [1.82, 2.24) is 15.5 Å². The predicted molar refractivity (Wildman–Crippen MR) is 110 cm³/mol. The van der Waals surface area contributed by atoms with Crippen LogP contribution in [0.15, 0.2) is 0 Å². The Hall–Kier alpha value is -2.20. The van der Waals surface area contributed by atoms with Gasteiger partial charge in [0.15, 0.2) is 0 Å². The maximum absolute atomic E-state index is 13.1.